The predicted molar refractivity (Wildman–Crippen MR) is 111 cm³/mol. The summed E-state index contributed by atoms with van der Waals surface area (Å²) < 4.78 is 1.85. The summed E-state index contributed by atoms with van der Waals surface area (Å²) in [6.07, 6.45) is 1.80. The van der Waals surface area contributed by atoms with Crippen LogP contribution in [0.2, 0.25) is 0 Å². The molecule has 0 aliphatic carbocycles. The van der Waals surface area contributed by atoms with E-state index in [-0.39, 0.29) is 24.0 Å². The number of aromatic nitrogens is 2. The van der Waals surface area contributed by atoms with Crippen molar-refractivity contribution in [2.24, 2.45) is 12.0 Å². The van der Waals surface area contributed by atoms with Crippen molar-refractivity contribution in [2.75, 3.05) is 25.5 Å². The maximum atomic E-state index is 4.27. The van der Waals surface area contributed by atoms with E-state index in [4.69, 9.17) is 0 Å². The van der Waals surface area contributed by atoms with Gasteiger partial charge in [0.25, 0.3) is 0 Å². The van der Waals surface area contributed by atoms with Crippen molar-refractivity contribution < 1.29 is 0 Å². The highest BCUT2D eigenvalue weighted by Gasteiger charge is 2.10. The molecule has 7 heteroatoms. The molecule has 0 saturated heterocycles. The standard InChI is InChI=1S/C17H26N6.HI/c1-14(22(3)15-8-6-5-7-9-15)12-19-17(18-2)20-13-16-10-11-21-23(16)4;/h5-11,14H,12-13H2,1-4H3,(H2,18,19,20);1H. The first-order valence-electron chi connectivity index (χ1n) is 7.81. The Bertz CT molecular complexity index is 625. The normalized spacial score (nSPS) is 12.2. The Morgan fingerprint density at radius 3 is 2.54 bits per heavy atom. The van der Waals surface area contributed by atoms with Gasteiger partial charge in [0.2, 0.25) is 0 Å². The molecule has 2 N–H and O–H groups in total. The van der Waals surface area contributed by atoms with Crippen molar-refractivity contribution in [3.63, 3.8) is 0 Å². The van der Waals surface area contributed by atoms with Gasteiger partial charge in [0.05, 0.1) is 12.2 Å². The molecule has 0 amide bonds. The number of aryl methyl sites for hydroxylation is 1. The van der Waals surface area contributed by atoms with Gasteiger partial charge in [-0.3, -0.25) is 9.67 Å². The number of hydrogen-bond donors (Lipinski definition) is 2. The third-order valence-corrected chi connectivity index (χ3v) is 3.97. The van der Waals surface area contributed by atoms with Gasteiger partial charge in [-0.05, 0) is 25.1 Å². The number of rotatable bonds is 6. The van der Waals surface area contributed by atoms with E-state index < -0.39 is 0 Å². The number of likely N-dealkylation sites (N-methyl/N-ethyl adjacent to an activating group) is 1. The van der Waals surface area contributed by atoms with Gasteiger partial charge in [-0.2, -0.15) is 5.10 Å². The van der Waals surface area contributed by atoms with Crippen LogP contribution in [-0.4, -0.2) is 42.4 Å². The van der Waals surface area contributed by atoms with E-state index in [1.807, 2.05) is 23.9 Å². The minimum Gasteiger partial charge on any atom is -0.370 e. The van der Waals surface area contributed by atoms with Gasteiger partial charge >= 0.3 is 0 Å². The zero-order valence-electron chi connectivity index (χ0n) is 14.7. The zero-order chi connectivity index (χ0) is 16.7. The Kier molecular flexibility index (Phi) is 8.59. The number of nitrogens with zero attached hydrogens (tertiary/aromatic N) is 4. The summed E-state index contributed by atoms with van der Waals surface area (Å²) in [4.78, 5) is 6.52. The third kappa shape index (κ3) is 5.70. The molecule has 1 aromatic carbocycles. The van der Waals surface area contributed by atoms with Gasteiger partial charge < -0.3 is 15.5 Å². The Balaban J connectivity index is 0.00000288. The summed E-state index contributed by atoms with van der Waals surface area (Å²) in [7, 11) is 5.82. The number of aliphatic imine (C=N–C) groups is 1. The van der Waals surface area contributed by atoms with Crippen LogP contribution in [0.4, 0.5) is 5.69 Å². The molecule has 0 fully saturated rings. The van der Waals surface area contributed by atoms with Crippen molar-refractivity contribution >= 4 is 35.6 Å². The second-order valence-corrected chi connectivity index (χ2v) is 5.55. The summed E-state index contributed by atoms with van der Waals surface area (Å²) in [6.45, 7) is 3.68. The van der Waals surface area contributed by atoms with Gasteiger partial charge in [-0.25, -0.2) is 0 Å². The average Bonchev–Trinajstić information content (AvgIpc) is 3.00. The number of hydrogen-bond acceptors (Lipinski definition) is 3. The number of anilines is 1. The Labute approximate surface area is 161 Å². The number of nitrogens with one attached hydrogen (secondary N) is 2. The van der Waals surface area contributed by atoms with Crippen molar-refractivity contribution in [1.29, 1.82) is 0 Å². The maximum absolute atomic E-state index is 4.27. The largest absolute Gasteiger partial charge is 0.370 e. The molecular weight excluding hydrogens is 415 g/mol. The SMILES string of the molecule is CN=C(NCc1ccnn1C)NCC(C)N(C)c1ccccc1.I. The lowest BCUT2D eigenvalue weighted by atomic mass is 10.2. The first-order valence-corrected chi connectivity index (χ1v) is 7.81. The smallest absolute Gasteiger partial charge is 0.191 e. The molecule has 2 rings (SSSR count). The van der Waals surface area contributed by atoms with Crippen LogP contribution >= 0.6 is 24.0 Å². The van der Waals surface area contributed by atoms with Gasteiger partial charge in [0.1, 0.15) is 0 Å². The van der Waals surface area contributed by atoms with Crippen molar-refractivity contribution in [1.82, 2.24) is 20.4 Å². The molecule has 0 saturated carbocycles. The van der Waals surface area contributed by atoms with Crippen LogP contribution in [0, 0.1) is 0 Å². The number of halogens is 1. The quantitative estimate of drug-likeness (QED) is 0.410. The number of benzene rings is 1. The molecular formula is C17H27IN6. The predicted octanol–water partition coefficient (Wildman–Crippen LogP) is 2.23. The van der Waals surface area contributed by atoms with Crippen LogP contribution in [0.5, 0.6) is 0 Å². The van der Waals surface area contributed by atoms with Crippen molar-refractivity contribution in [3.05, 3.63) is 48.3 Å². The van der Waals surface area contributed by atoms with Crippen molar-refractivity contribution in [3.8, 4) is 0 Å². The molecule has 0 spiro atoms. The first-order chi connectivity index (χ1) is 11.1. The summed E-state index contributed by atoms with van der Waals surface area (Å²) >= 11 is 0. The Morgan fingerprint density at radius 1 is 1.25 bits per heavy atom. The highest BCUT2D eigenvalue weighted by atomic mass is 127. The lowest BCUT2D eigenvalue weighted by molar-refractivity contribution is 0.641. The minimum atomic E-state index is 0. The van der Waals surface area contributed by atoms with E-state index in [2.05, 4.69) is 63.9 Å². The summed E-state index contributed by atoms with van der Waals surface area (Å²) in [5.41, 5.74) is 2.32. The third-order valence-electron chi connectivity index (χ3n) is 3.97. The molecule has 24 heavy (non-hydrogen) atoms. The van der Waals surface area contributed by atoms with E-state index >= 15 is 0 Å². The highest BCUT2D eigenvalue weighted by Crippen LogP contribution is 2.13. The second kappa shape index (κ2) is 10.2. The fourth-order valence-corrected chi connectivity index (χ4v) is 2.27. The van der Waals surface area contributed by atoms with Gasteiger partial charge in [-0.15, -0.1) is 24.0 Å². The Morgan fingerprint density at radius 2 is 1.96 bits per heavy atom. The summed E-state index contributed by atoms with van der Waals surface area (Å²) in [6, 6.07) is 12.7. The molecule has 2 aromatic rings. The van der Waals surface area contributed by atoms with Crippen LogP contribution in [-0.2, 0) is 13.6 Å². The average molecular weight is 442 g/mol. The monoisotopic (exact) mass is 442 g/mol. The van der Waals surface area contributed by atoms with Crippen LogP contribution in [0.1, 0.15) is 12.6 Å². The molecule has 0 aliphatic heterocycles. The molecule has 1 unspecified atom stereocenters. The lowest BCUT2D eigenvalue weighted by Crippen LogP contribution is -2.44. The molecule has 0 bridgehead atoms. The van der Waals surface area contributed by atoms with E-state index in [9.17, 15) is 0 Å². The molecule has 1 aromatic heterocycles. The zero-order valence-corrected chi connectivity index (χ0v) is 17.1. The van der Waals surface area contributed by atoms with Gasteiger partial charge in [-0.1, -0.05) is 18.2 Å². The summed E-state index contributed by atoms with van der Waals surface area (Å²) in [5, 5.41) is 10.8. The van der Waals surface area contributed by atoms with E-state index in [1.165, 1.54) is 5.69 Å². The van der Waals surface area contributed by atoms with E-state index in [0.29, 0.717) is 12.6 Å². The maximum Gasteiger partial charge on any atom is 0.191 e. The van der Waals surface area contributed by atoms with Crippen LogP contribution < -0.4 is 15.5 Å². The molecule has 6 nitrogen and oxygen atoms in total. The van der Waals surface area contributed by atoms with Gasteiger partial charge in [0, 0.05) is 45.6 Å². The topological polar surface area (TPSA) is 57.5 Å². The lowest BCUT2D eigenvalue weighted by Gasteiger charge is -2.27. The first kappa shape index (κ1) is 20.3. The fourth-order valence-electron chi connectivity index (χ4n) is 2.27. The fraction of sp³-hybridized carbons (Fsp3) is 0.412. The summed E-state index contributed by atoms with van der Waals surface area (Å²) in [5.74, 6) is 0.791. The van der Waals surface area contributed by atoms with Gasteiger partial charge in [0.15, 0.2) is 5.96 Å². The van der Waals surface area contributed by atoms with Crippen LogP contribution in [0.15, 0.2) is 47.6 Å². The number of guanidine groups is 1. The second-order valence-electron chi connectivity index (χ2n) is 5.55. The molecule has 0 radical (unpaired) electrons. The molecule has 1 heterocycles. The minimum absolute atomic E-state index is 0. The molecule has 1 atom stereocenters. The highest BCUT2D eigenvalue weighted by molar-refractivity contribution is 14.0. The Hall–Kier alpha value is -1.77. The number of para-hydroxylation sites is 1. The van der Waals surface area contributed by atoms with E-state index in [1.54, 1.807) is 13.2 Å². The molecule has 132 valence electrons. The van der Waals surface area contributed by atoms with Crippen LogP contribution in [0.25, 0.3) is 0 Å². The molecule has 0 aliphatic rings. The van der Waals surface area contributed by atoms with Crippen LogP contribution in [0.3, 0.4) is 0 Å². The van der Waals surface area contributed by atoms with E-state index in [0.717, 1.165) is 18.2 Å². The van der Waals surface area contributed by atoms with Crippen molar-refractivity contribution in [2.45, 2.75) is 19.5 Å².